The molecular weight excluding hydrogens is 252 g/mol. The summed E-state index contributed by atoms with van der Waals surface area (Å²) < 4.78 is 0. The molecular formula is H2N18. The van der Waals surface area contributed by atoms with Gasteiger partial charge in [-0.25, -0.2) is 0 Å². The van der Waals surface area contributed by atoms with Gasteiger partial charge in [0.1, 0.15) is 0 Å². The lowest BCUT2D eigenvalue weighted by Gasteiger charge is -1.68. The molecule has 0 saturated carbocycles. The SMILES string of the molecule is N=N/N=N/N=N/N=N/N=N/N=N/N=N/N=N/N=N. The molecule has 0 fully saturated rings. The van der Waals surface area contributed by atoms with Gasteiger partial charge in [-0.15, -0.1) is 0 Å². The average Bonchev–Trinajstić information content (AvgIpc) is 2.39. The van der Waals surface area contributed by atoms with E-state index in [0.29, 0.717) is 0 Å². The second-order valence-corrected chi connectivity index (χ2v) is 1.45. The Morgan fingerprint density at radius 1 is 0.278 bits per heavy atom. The Bertz CT molecular complexity index is 367. The van der Waals surface area contributed by atoms with E-state index in [9.17, 15) is 0 Å². The highest BCUT2D eigenvalue weighted by Gasteiger charge is 1.69. The smallest absolute Gasteiger partial charge is 0.0000000000000000395 e. The Kier molecular flexibility index (Phi) is 10.7. The van der Waals surface area contributed by atoms with Gasteiger partial charge in [0.25, 0.3) is 0 Å². The summed E-state index contributed by atoms with van der Waals surface area (Å²) in [6.07, 6.45) is 0. The molecule has 0 aromatic carbocycles. The normalized spacial score (nSPS) is 13.6. The second-order valence-electron chi connectivity index (χ2n) is 1.45. The molecule has 0 amide bonds. The summed E-state index contributed by atoms with van der Waals surface area (Å²) in [5.74, 6) is 0. The highest BCUT2D eigenvalue weighted by Crippen LogP contribution is 1.88. The van der Waals surface area contributed by atoms with Gasteiger partial charge in [0.05, 0.1) is 0 Å². The maximum atomic E-state index is 6.18. The van der Waals surface area contributed by atoms with Crippen molar-refractivity contribution in [3.05, 3.63) is 0 Å². The van der Waals surface area contributed by atoms with Crippen LogP contribution in [-0.2, 0) is 0 Å². The van der Waals surface area contributed by atoms with Crippen molar-refractivity contribution in [1.29, 1.82) is 11.1 Å². The molecule has 0 aromatic rings. The van der Waals surface area contributed by atoms with Gasteiger partial charge in [-0.2, -0.15) is 11.1 Å². The van der Waals surface area contributed by atoms with E-state index < -0.39 is 0 Å². The third-order valence-electron chi connectivity index (χ3n) is 0.609. The molecule has 0 aromatic heterocycles. The molecule has 18 heteroatoms. The number of hydrogen-bond acceptors (Lipinski definition) is 2. The maximum absolute atomic E-state index is 6.18. The first-order valence-electron chi connectivity index (χ1n) is 3.45. The minimum atomic E-state index is 2.49. The first-order valence-corrected chi connectivity index (χ1v) is 3.45. The molecule has 0 saturated heterocycles. The minimum absolute atomic E-state index is 2.49. The van der Waals surface area contributed by atoms with Crippen LogP contribution < -0.4 is 0 Å². The monoisotopic (exact) mass is 254 g/mol. The van der Waals surface area contributed by atoms with E-state index in [1.807, 2.05) is 0 Å². The molecule has 0 aliphatic heterocycles. The third-order valence-corrected chi connectivity index (χ3v) is 0.609. The van der Waals surface area contributed by atoms with Gasteiger partial charge >= 0.3 is 0 Å². The van der Waals surface area contributed by atoms with Crippen LogP contribution in [0.1, 0.15) is 0 Å². The summed E-state index contributed by atoms with van der Waals surface area (Å²) in [6, 6.07) is 0. The standard InChI is InChI=1S/H2N18/c1-3-5-7-9-11-13-15-17-18-16-14-12-10-8-6-4-2/h1-2H/b3-1?,4-2?,7-5+,8-6+,11-9+,12-10+,15-13+,16-14+,18-17+. The van der Waals surface area contributed by atoms with Crippen molar-refractivity contribution >= 4 is 0 Å². The fourth-order valence-corrected chi connectivity index (χ4v) is 0.255. The second kappa shape index (κ2) is 13.4. The van der Waals surface area contributed by atoms with Crippen molar-refractivity contribution in [2.75, 3.05) is 0 Å². The van der Waals surface area contributed by atoms with E-state index in [4.69, 9.17) is 11.1 Å². The van der Waals surface area contributed by atoms with Crippen molar-refractivity contribution in [3.63, 3.8) is 0 Å². The molecule has 18 heavy (non-hydrogen) atoms. The highest BCUT2D eigenvalue weighted by atomic mass is 15.7. The Morgan fingerprint density at radius 3 is 0.611 bits per heavy atom. The van der Waals surface area contributed by atoms with Gasteiger partial charge in [0.2, 0.25) is 0 Å². The van der Waals surface area contributed by atoms with E-state index in [1.54, 1.807) is 0 Å². The topological polar surface area (TPSA) is 245 Å². The summed E-state index contributed by atoms with van der Waals surface area (Å²) in [5, 5.41) is 45.6. The largest absolute Gasteiger partial charge is 0.183 e. The van der Waals surface area contributed by atoms with E-state index in [2.05, 4.69) is 83.6 Å². The van der Waals surface area contributed by atoms with Crippen LogP contribution >= 0.6 is 0 Å². The van der Waals surface area contributed by atoms with Crippen molar-refractivity contribution in [2.45, 2.75) is 0 Å². The van der Waals surface area contributed by atoms with Gasteiger partial charge in [-0.05, 0) is 83.6 Å². The number of hydrogen-bond donors (Lipinski definition) is 2. The van der Waals surface area contributed by atoms with Crippen LogP contribution in [0, 0.1) is 11.1 Å². The molecule has 2 N–H and O–H groups in total. The summed E-state index contributed by atoms with van der Waals surface area (Å²) in [7, 11) is 0. The average molecular weight is 254 g/mol. The molecule has 0 radical (unpaired) electrons. The summed E-state index contributed by atoms with van der Waals surface area (Å²) >= 11 is 0. The minimum Gasteiger partial charge on any atom is -0.183 e. The van der Waals surface area contributed by atoms with Gasteiger partial charge in [-0.1, -0.05) is 0 Å². The van der Waals surface area contributed by atoms with Gasteiger partial charge in [0.15, 0.2) is 0 Å². The molecule has 0 spiro atoms. The predicted octanol–water partition coefficient (Wildman–Crippen LogP) is 3.53. The first-order chi connectivity index (χ1) is 8.91. The van der Waals surface area contributed by atoms with E-state index in [-0.39, 0.29) is 0 Å². The van der Waals surface area contributed by atoms with Crippen molar-refractivity contribution in [3.8, 4) is 0 Å². The van der Waals surface area contributed by atoms with Gasteiger partial charge in [-0.3, -0.25) is 0 Å². The fourth-order valence-electron chi connectivity index (χ4n) is 0.255. The Hall–Kier alpha value is -3.60. The van der Waals surface area contributed by atoms with Gasteiger partial charge < -0.3 is 0 Å². The zero-order chi connectivity index (χ0) is 13.3. The molecule has 0 rings (SSSR count). The molecule has 18 nitrogen and oxygen atoms in total. The van der Waals surface area contributed by atoms with Gasteiger partial charge in [0, 0.05) is 0 Å². The molecule has 0 unspecified atom stereocenters. The predicted molar refractivity (Wildman–Crippen MR) is 44.3 cm³/mol. The summed E-state index contributed by atoms with van der Waals surface area (Å²) in [5.41, 5.74) is 12.4. The quantitative estimate of drug-likeness (QED) is 0.465. The Labute approximate surface area is 95.7 Å². The van der Waals surface area contributed by atoms with Crippen LogP contribution in [-0.4, -0.2) is 0 Å². The fraction of sp³-hybridized carbons (Fsp3) is 0. The summed E-state index contributed by atoms with van der Waals surface area (Å²) in [4.78, 5) is 0. The Morgan fingerprint density at radius 2 is 0.444 bits per heavy atom. The van der Waals surface area contributed by atoms with Crippen LogP contribution in [0.5, 0.6) is 0 Å². The van der Waals surface area contributed by atoms with Crippen molar-refractivity contribution < 1.29 is 0 Å². The number of nitrogens with one attached hydrogen (secondary N) is 2. The maximum Gasteiger partial charge on any atom is -0.0000000000000000395 e. The van der Waals surface area contributed by atoms with Crippen LogP contribution in [0.2, 0.25) is 0 Å². The van der Waals surface area contributed by atoms with E-state index in [1.165, 1.54) is 0 Å². The molecule has 0 heterocycles. The lowest BCUT2D eigenvalue weighted by molar-refractivity contribution is 0.739. The van der Waals surface area contributed by atoms with Crippen LogP contribution in [0.15, 0.2) is 83.6 Å². The van der Waals surface area contributed by atoms with Crippen LogP contribution in [0.3, 0.4) is 0 Å². The molecule has 0 aliphatic carbocycles. The zero-order valence-corrected chi connectivity index (χ0v) is 8.16. The molecule has 0 atom stereocenters. The summed E-state index contributed by atoms with van der Waals surface area (Å²) in [6.45, 7) is 0. The van der Waals surface area contributed by atoms with Crippen LogP contribution in [0.25, 0.3) is 0 Å². The lowest BCUT2D eigenvalue weighted by atomic mass is 12.3. The van der Waals surface area contributed by atoms with Crippen molar-refractivity contribution in [2.24, 2.45) is 83.6 Å². The highest BCUT2D eigenvalue weighted by molar-refractivity contribution is 4.12. The molecule has 0 aliphatic rings. The van der Waals surface area contributed by atoms with Crippen LogP contribution in [0.4, 0.5) is 0 Å². The Balaban J connectivity index is 3.82. The number of rotatable bonds is 8. The lowest BCUT2D eigenvalue weighted by Crippen LogP contribution is -1.50. The zero-order valence-electron chi connectivity index (χ0n) is 8.16. The molecule has 92 valence electrons. The van der Waals surface area contributed by atoms with E-state index in [0.717, 1.165) is 0 Å². The van der Waals surface area contributed by atoms with Crippen molar-refractivity contribution in [1.82, 2.24) is 0 Å². The molecule has 0 bridgehead atoms. The van der Waals surface area contributed by atoms with E-state index >= 15 is 0 Å². The first kappa shape index (κ1) is 14.4. The number of nitrogens with zero attached hydrogens (tertiary/aromatic N) is 16. The third kappa shape index (κ3) is 12.4.